The van der Waals surface area contributed by atoms with Crippen molar-refractivity contribution in [2.45, 2.75) is 19.4 Å². The minimum absolute atomic E-state index is 0.138. The summed E-state index contributed by atoms with van der Waals surface area (Å²) >= 11 is 0. The van der Waals surface area contributed by atoms with Crippen molar-refractivity contribution < 1.29 is 22.8 Å². The van der Waals surface area contributed by atoms with Gasteiger partial charge in [0.1, 0.15) is 35.6 Å². The largest absolute Gasteiger partial charge is 0.493 e. The van der Waals surface area contributed by atoms with E-state index in [4.69, 9.17) is 14.2 Å². The molecule has 10 heteroatoms. The third-order valence-corrected chi connectivity index (χ3v) is 5.34. The maximum atomic E-state index is 13.9. The lowest BCUT2D eigenvalue weighted by atomic mass is 10.2. The predicted molar refractivity (Wildman–Crippen MR) is 122 cm³/mol. The van der Waals surface area contributed by atoms with Crippen molar-refractivity contribution in [3.8, 4) is 11.5 Å². The van der Waals surface area contributed by atoms with Gasteiger partial charge in [-0.15, -0.1) is 0 Å². The van der Waals surface area contributed by atoms with E-state index >= 15 is 0 Å². The fourth-order valence-corrected chi connectivity index (χ4v) is 4.03. The van der Waals surface area contributed by atoms with Crippen molar-refractivity contribution in [2.75, 3.05) is 37.6 Å². The lowest BCUT2D eigenvalue weighted by molar-refractivity contribution is 0.141. The first-order valence-electron chi connectivity index (χ1n) is 10.2. The molecule has 1 N–H and O–H groups in total. The van der Waals surface area contributed by atoms with Gasteiger partial charge in [0, 0.05) is 40.8 Å². The van der Waals surface area contributed by atoms with Gasteiger partial charge in [-0.2, -0.15) is 4.36 Å². The standard InChI is InChI=1S/C22H25FN4O4S/c1-4-30-20-11-15(27-32(2,3)28)10-18-21(20)22(25-13-24-18)26-17-6-5-14(23)9-19(17)31-16-7-8-29-12-16/h5-6,9-11,13,16H,4,7-8,12H2,1-3H3,(H,24,25,26)/t16-/m0/s1. The van der Waals surface area contributed by atoms with Gasteiger partial charge >= 0.3 is 0 Å². The van der Waals surface area contributed by atoms with Gasteiger partial charge in [0.2, 0.25) is 0 Å². The van der Waals surface area contributed by atoms with Crippen molar-refractivity contribution in [1.82, 2.24) is 9.97 Å². The molecule has 170 valence electrons. The van der Waals surface area contributed by atoms with E-state index in [0.29, 0.717) is 59.4 Å². The van der Waals surface area contributed by atoms with Gasteiger partial charge in [-0.1, -0.05) is 0 Å². The Labute approximate surface area is 186 Å². The topological polar surface area (TPSA) is 94.9 Å². The number of hydrogen-bond donors (Lipinski definition) is 1. The van der Waals surface area contributed by atoms with Crippen LogP contribution in [0, 0.1) is 5.82 Å². The van der Waals surface area contributed by atoms with E-state index in [1.807, 2.05) is 6.92 Å². The lowest BCUT2D eigenvalue weighted by Gasteiger charge is -2.18. The molecule has 1 fully saturated rings. The molecule has 3 aromatic rings. The summed E-state index contributed by atoms with van der Waals surface area (Å²) in [5, 5.41) is 3.86. The van der Waals surface area contributed by atoms with Gasteiger partial charge in [-0.05, 0) is 25.1 Å². The van der Waals surface area contributed by atoms with Crippen molar-refractivity contribution in [3.05, 3.63) is 42.5 Å². The van der Waals surface area contributed by atoms with Crippen molar-refractivity contribution in [1.29, 1.82) is 0 Å². The van der Waals surface area contributed by atoms with Crippen LogP contribution in [-0.4, -0.2) is 52.6 Å². The number of hydrogen-bond acceptors (Lipinski definition) is 8. The maximum absolute atomic E-state index is 13.9. The van der Waals surface area contributed by atoms with Gasteiger partial charge in [0.25, 0.3) is 0 Å². The molecule has 2 aromatic carbocycles. The highest BCUT2D eigenvalue weighted by Crippen LogP contribution is 2.38. The average Bonchev–Trinajstić information content (AvgIpc) is 3.22. The predicted octanol–water partition coefficient (Wildman–Crippen LogP) is 4.44. The highest BCUT2D eigenvalue weighted by Gasteiger charge is 2.20. The molecule has 1 atom stereocenters. The summed E-state index contributed by atoms with van der Waals surface area (Å²) < 4.78 is 47.5. The summed E-state index contributed by atoms with van der Waals surface area (Å²) in [6, 6.07) is 7.73. The van der Waals surface area contributed by atoms with Crippen LogP contribution in [0.5, 0.6) is 11.5 Å². The van der Waals surface area contributed by atoms with Crippen LogP contribution in [0.4, 0.5) is 21.6 Å². The van der Waals surface area contributed by atoms with Gasteiger partial charge in [0.05, 0.1) is 42.1 Å². The molecule has 0 unspecified atom stereocenters. The van der Waals surface area contributed by atoms with Gasteiger partial charge in [-0.25, -0.2) is 18.6 Å². The summed E-state index contributed by atoms with van der Waals surface area (Å²) in [6.45, 7) is 3.36. The molecule has 0 bridgehead atoms. The number of benzene rings is 2. The molecule has 0 amide bonds. The fraction of sp³-hybridized carbons (Fsp3) is 0.364. The van der Waals surface area contributed by atoms with Gasteiger partial charge < -0.3 is 19.5 Å². The smallest absolute Gasteiger partial charge is 0.146 e. The Morgan fingerprint density at radius 1 is 1.25 bits per heavy atom. The molecule has 32 heavy (non-hydrogen) atoms. The normalized spacial score (nSPS) is 16.2. The number of aromatic nitrogens is 2. The first-order valence-corrected chi connectivity index (χ1v) is 12.5. The molecule has 8 nitrogen and oxygen atoms in total. The molecule has 0 radical (unpaired) electrons. The van der Waals surface area contributed by atoms with Crippen LogP contribution in [0.25, 0.3) is 10.9 Å². The van der Waals surface area contributed by atoms with Crippen molar-refractivity contribution in [2.24, 2.45) is 4.36 Å². The van der Waals surface area contributed by atoms with Crippen LogP contribution in [0.3, 0.4) is 0 Å². The van der Waals surface area contributed by atoms with E-state index < -0.39 is 15.5 Å². The quantitative estimate of drug-likeness (QED) is 0.557. The highest BCUT2D eigenvalue weighted by molar-refractivity contribution is 7.92. The molecule has 1 saturated heterocycles. The molecule has 4 rings (SSSR count). The Kier molecular flexibility index (Phi) is 6.43. The van der Waals surface area contributed by atoms with Crippen LogP contribution in [0.15, 0.2) is 41.0 Å². The molecule has 0 saturated carbocycles. The Balaban J connectivity index is 1.78. The summed E-state index contributed by atoms with van der Waals surface area (Å²) in [6.07, 6.45) is 5.14. The van der Waals surface area contributed by atoms with Crippen LogP contribution >= 0.6 is 0 Å². The van der Waals surface area contributed by atoms with Crippen LogP contribution < -0.4 is 14.8 Å². The average molecular weight is 461 g/mol. The number of anilines is 2. The maximum Gasteiger partial charge on any atom is 0.146 e. The SMILES string of the molecule is CCOc1cc(N=S(C)(C)=O)cc2ncnc(Nc3ccc(F)cc3O[C@H]3CCOC3)c12. The summed E-state index contributed by atoms with van der Waals surface area (Å²) in [5.41, 5.74) is 1.64. The lowest BCUT2D eigenvalue weighted by Crippen LogP contribution is -2.16. The van der Waals surface area contributed by atoms with E-state index in [0.717, 1.165) is 6.42 Å². The zero-order chi connectivity index (χ0) is 22.7. The molecular formula is C22H25FN4O4S. The number of rotatable bonds is 7. The Morgan fingerprint density at radius 2 is 2.09 bits per heavy atom. The second-order valence-corrected chi connectivity index (χ2v) is 10.2. The highest BCUT2D eigenvalue weighted by atomic mass is 32.2. The molecule has 1 aliphatic heterocycles. The number of halogens is 1. The summed E-state index contributed by atoms with van der Waals surface area (Å²) in [7, 11) is -2.36. The number of nitrogens with zero attached hydrogens (tertiary/aromatic N) is 3. The minimum Gasteiger partial charge on any atom is -0.493 e. The fourth-order valence-electron chi connectivity index (χ4n) is 3.42. The minimum atomic E-state index is -2.36. The second-order valence-electron chi connectivity index (χ2n) is 7.63. The molecule has 1 aromatic heterocycles. The molecule has 0 aliphatic carbocycles. The summed E-state index contributed by atoms with van der Waals surface area (Å²) in [5.74, 6) is 0.941. The molecule has 1 aliphatic rings. The Bertz CT molecular complexity index is 1250. The number of fused-ring (bicyclic) bond motifs is 1. The van der Waals surface area contributed by atoms with E-state index in [-0.39, 0.29) is 6.10 Å². The Morgan fingerprint density at radius 3 is 2.81 bits per heavy atom. The Hall–Kier alpha value is -2.98. The second kappa shape index (κ2) is 9.25. The van der Waals surface area contributed by atoms with E-state index in [1.54, 1.807) is 30.7 Å². The van der Waals surface area contributed by atoms with E-state index in [9.17, 15) is 8.60 Å². The first kappa shape index (κ1) is 22.2. The first-order chi connectivity index (χ1) is 15.3. The third-order valence-electron chi connectivity index (χ3n) is 4.69. The van der Waals surface area contributed by atoms with Gasteiger partial charge in [0.15, 0.2) is 0 Å². The monoisotopic (exact) mass is 460 g/mol. The van der Waals surface area contributed by atoms with E-state index in [2.05, 4.69) is 19.6 Å². The molecule has 2 heterocycles. The number of ether oxygens (including phenoxy) is 3. The number of nitrogens with one attached hydrogen (secondary N) is 1. The van der Waals surface area contributed by atoms with Crippen LogP contribution in [0.1, 0.15) is 13.3 Å². The van der Waals surface area contributed by atoms with Crippen molar-refractivity contribution in [3.63, 3.8) is 0 Å². The molecule has 0 spiro atoms. The third kappa shape index (κ3) is 5.25. The zero-order valence-electron chi connectivity index (χ0n) is 18.1. The van der Waals surface area contributed by atoms with Crippen LogP contribution in [0.2, 0.25) is 0 Å². The van der Waals surface area contributed by atoms with Crippen LogP contribution in [-0.2, 0) is 14.5 Å². The van der Waals surface area contributed by atoms with Gasteiger partial charge in [-0.3, -0.25) is 0 Å². The molecular weight excluding hydrogens is 435 g/mol. The summed E-state index contributed by atoms with van der Waals surface area (Å²) in [4.78, 5) is 8.73. The van der Waals surface area contributed by atoms with E-state index in [1.165, 1.54) is 18.5 Å². The van der Waals surface area contributed by atoms with Crippen molar-refractivity contribution >= 4 is 37.8 Å². The zero-order valence-corrected chi connectivity index (χ0v) is 18.9.